The van der Waals surface area contributed by atoms with Gasteiger partial charge in [0, 0.05) is 17.3 Å². The van der Waals surface area contributed by atoms with Crippen molar-refractivity contribution in [3.8, 4) is 0 Å². The first-order valence-corrected chi connectivity index (χ1v) is 6.35. The number of fused-ring (bicyclic) bond motifs is 3. The fourth-order valence-corrected chi connectivity index (χ4v) is 3.37. The summed E-state index contributed by atoms with van der Waals surface area (Å²) in [6.07, 6.45) is 7.55. The molecular formula is C14H13N3O. The van der Waals surface area contributed by atoms with Crippen LogP contribution in [0.5, 0.6) is 0 Å². The summed E-state index contributed by atoms with van der Waals surface area (Å²) in [5.41, 5.74) is 2.69. The molecule has 0 bridgehead atoms. The fraction of sp³-hybridized carbons (Fsp3) is 0.357. The lowest BCUT2D eigenvalue weighted by Gasteiger charge is -2.20. The molecular weight excluding hydrogens is 226 g/mol. The van der Waals surface area contributed by atoms with Gasteiger partial charge in [-0.25, -0.2) is 9.97 Å². The van der Waals surface area contributed by atoms with Crippen LogP contribution in [0.25, 0.3) is 10.9 Å². The van der Waals surface area contributed by atoms with E-state index in [0.29, 0.717) is 0 Å². The molecule has 4 nitrogen and oxygen atoms in total. The molecule has 90 valence electrons. The number of nitrogens with one attached hydrogen (secondary N) is 1. The van der Waals surface area contributed by atoms with Gasteiger partial charge in [-0.3, -0.25) is 4.79 Å². The minimum atomic E-state index is -0.278. The Labute approximate surface area is 104 Å². The smallest absolute Gasteiger partial charge is 0.235 e. The van der Waals surface area contributed by atoms with Gasteiger partial charge in [0.2, 0.25) is 5.91 Å². The van der Waals surface area contributed by atoms with Crippen LogP contribution in [0.4, 0.5) is 5.69 Å². The molecule has 18 heavy (non-hydrogen) atoms. The minimum absolute atomic E-state index is 0.165. The van der Waals surface area contributed by atoms with E-state index in [1.54, 1.807) is 0 Å². The molecule has 1 fully saturated rings. The zero-order valence-electron chi connectivity index (χ0n) is 9.94. The number of carbonyl (C=O) groups is 1. The highest BCUT2D eigenvalue weighted by molar-refractivity contribution is 6.08. The average molecular weight is 239 g/mol. The first-order valence-electron chi connectivity index (χ1n) is 6.35. The van der Waals surface area contributed by atoms with Gasteiger partial charge in [-0.05, 0) is 30.5 Å². The Morgan fingerprint density at radius 1 is 1.22 bits per heavy atom. The maximum atomic E-state index is 12.3. The summed E-state index contributed by atoms with van der Waals surface area (Å²) in [5.74, 6) is 0.165. The second kappa shape index (κ2) is 3.28. The molecule has 4 rings (SSSR count). The third-order valence-corrected chi connectivity index (χ3v) is 4.30. The number of anilines is 1. The van der Waals surface area contributed by atoms with Crippen LogP contribution in [0.3, 0.4) is 0 Å². The van der Waals surface area contributed by atoms with E-state index in [4.69, 9.17) is 0 Å². The molecule has 0 atom stereocenters. The molecule has 2 aromatic rings. The van der Waals surface area contributed by atoms with E-state index in [9.17, 15) is 4.79 Å². The van der Waals surface area contributed by atoms with Gasteiger partial charge in [0.05, 0.1) is 10.9 Å². The third-order valence-electron chi connectivity index (χ3n) is 4.30. The number of rotatable bonds is 0. The summed E-state index contributed by atoms with van der Waals surface area (Å²) in [7, 11) is 0. The van der Waals surface area contributed by atoms with Gasteiger partial charge in [0.25, 0.3) is 0 Å². The van der Waals surface area contributed by atoms with Crippen molar-refractivity contribution in [1.29, 1.82) is 0 Å². The van der Waals surface area contributed by atoms with Gasteiger partial charge >= 0.3 is 0 Å². The van der Waals surface area contributed by atoms with Crippen molar-refractivity contribution in [1.82, 2.24) is 9.97 Å². The molecule has 0 unspecified atom stereocenters. The Morgan fingerprint density at radius 3 is 2.89 bits per heavy atom. The lowest BCUT2D eigenvalue weighted by molar-refractivity contribution is -0.120. The van der Waals surface area contributed by atoms with E-state index >= 15 is 0 Å². The van der Waals surface area contributed by atoms with Gasteiger partial charge in [-0.2, -0.15) is 0 Å². The number of hydrogen-bond donors (Lipinski definition) is 1. The maximum Gasteiger partial charge on any atom is 0.235 e. The SMILES string of the molecule is O=C1Nc2cc3ncncc3cc2C12CCCC2. The lowest BCUT2D eigenvalue weighted by Crippen LogP contribution is -2.30. The zero-order valence-corrected chi connectivity index (χ0v) is 9.94. The van der Waals surface area contributed by atoms with E-state index in [1.807, 2.05) is 12.3 Å². The van der Waals surface area contributed by atoms with Crippen molar-refractivity contribution < 1.29 is 4.79 Å². The molecule has 1 saturated carbocycles. The highest BCUT2D eigenvalue weighted by Crippen LogP contribution is 2.49. The van der Waals surface area contributed by atoms with E-state index < -0.39 is 0 Å². The molecule has 1 aliphatic carbocycles. The molecule has 2 aliphatic rings. The topological polar surface area (TPSA) is 54.9 Å². The van der Waals surface area contributed by atoms with Crippen molar-refractivity contribution in [2.45, 2.75) is 31.1 Å². The standard InChI is InChI=1S/C14H13N3O/c18-13-14(3-1-2-4-14)10-5-9-7-15-8-16-11(9)6-12(10)17-13/h5-8H,1-4H2,(H,17,18). The minimum Gasteiger partial charge on any atom is -0.325 e. The van der Waals surface area contributed by atoms with Crippen LogP contribution in [0.1, 0.15) is 31.2 Å². The number of benzene rings is 1. The van der Waals surface area contributed by atoms with Gasteiger partial charge in [-0.1, -0.05) is 12.8 Å². The third kappa shape index (κ3) is 1.12. The quantitative estimate of drug-likeness (QED) is 0.768. The second-order valence-corrected chi connectivity index (χ2v) is 5.22. The normalized spacial score (nSPS) is 20.3. The van der Waals surface area contributed by atoms with Crippen molar-refractivity contribution in [3.05, 3.63) is 30.2 Å². The Balaban J connectivity index is 2.00. The van der Waals surface area contributed by atoms with Crippen LogP contribution >= 0.6 is 0 Å². The Bertz CT molecular complexity index is 659. The molecule has 4 heteroatoms. The summed E-state index contributed by atoms with van der Waals surface area (Å²) >= 11 is 0. The van der Waals surface area contributed by atoms with Crippen molar-refractivity contribution in [2.75, 3.05) is 5.32 Å². The molecule has 0 radical (unpaired) electrons. The number of nitrogens with zero attached hydrogens (tertiary/aromatic N) is 2. The predicted octanol–water partition coefficient (Wildman–Crippen LogP) is 2.39. The van der Waals surface area contributed by atoms with E-state index in [-0.39, 0.29) is 11.3 Å². The summed E-state index contributed by atoms with van der Waals surface area (Å²) < 4.78 is 0. The number of carbonyl (C=O) groups excluding carboxylic acids is 1. The second-order valence-electron chi connectivity index (χ2n) is 5.22. The highest BCUT2D eigenvalue weighted by Gasteiger charge is 2.48. The van der Waals surface area contributed by atoms with Crippen molar-refractivity contribution >= 4 is 22.5 Å². The van der Waals surface area contributed by atoms with Gasteiger partial charge in [-0.15, -0.1) is 0 Å². The predicted molar refractivity (Wildman–Crippen MR) is 68.3 cm³/mol. The Kier molecular flexibility index (Phi) is 1.82. The van der Waals surface area contributed by atoms with Crippen LogP contribution in [-0.4, -0.2) is 15.9 Å². The summed E-state index contributed by atoms with van der Waals surface area (Å²) in [6, 6.07) is 4.06. The van der Waals surface area contributed by atoms with Crippen LogP contribution in [-0.2, 0) is 10.2 Å². The summed E-state index contributed by atoms with van der Waals surface area (Å²) in [6.45, 7) is 0. The number of aromatic nitrogens is 2. The molecule has 1 aromatic heterocycles. The van der Waals surface area contributed by atoms with E-state index in [2.05, 4.69) is 21.4 Å². The summed E-state index contributed by atoms with van der Waals surface area (Å²) in [5, 5.41) is 4.04. The van der Waals surface area contributed by atoms with Crippen LogP contribution in [0.15, 0.2) is 24.7 Å². The van der Waals surface area contributed by atoms with Crippen LogP contribution in [0.2, 0.25) is 0 Å². The van der Waals surface area contributed by atoms with Crippen molar-refractivity contribution in [3.63, 3.8) is 0 Å². The summed E-state index contributed by atoms with van der Waals surface area (Å²) in [4.78, 5) is 20.6. The first kappa shape index (κ1) is 10.00. The van der Waals surface area contributed by atoms with E-state index in [0.717, 1.165) is 47.8 Å². The van der Waals surface area contributed by atoms with Gasteiger partial charge < -0.3 is 5.32 Å². The van der Waals surface area contributed by atoms with Gasteiger partial charge in [0.1, 0.15) is 6.33 Å². The van der Waals surface area contributed by atoms with Crippen molar-refractivity contribution in [2.24, 2.45) is 0 Å². The highest BCUT2D eigenvalue weighted by atomic mass is 16.2. The zero-order chi connectivity index (χ0) is 12.2. The van der Waals surface area contributed by atoms with Crippen LogP contribution in [0, 0.1) is 0 Å². The van der Waals surface area contributed by atoms with E-state index in [1.165, 1.54) is 6.33 Å². The molecule has 1 aliphatic heterocycles. The molecule has 2 heterocycles. The fourth-order valence-electron chi connectivity index (χ4n) is 3.37. The van der Waals surface area contributed by atoms with Gasteiger partial charge in [0.15, 0.2) is 0 Å². The Hall–Kier alpha value is -1.97. The molecule has 1 aromatic carbocycles. The molecule has 1 spiro atoms. The lowest BCUT2D eigenvalue weighted by atomic mass is 9.80. The molecule has 0 saturated heterocycles. The van der Waals surface area contributed by atoms with Crippen LogP contribution < -0.4 is 5.32 Å². The first-order chi connectivity index (χ1) is 8.79. The monoisotopic (exact) mass is 239 g/mol. The molecule has 1 N–H and O–H groups in total. The average Bonchev–Trinajstić information content (AvgIpc) is 2.97. The number of amides is 1. The maximum absolute atomic E-state index is 12.3. The Morgan fingerprint density at radius 2 is 2.06 bits per heavy atom. The molecule has 1 amide bonds. The largest absolute Gasteiger partial charge is 0.325 e. The number of hydrogen-bond acceptors (Lipinski definition) is 3.